The van der Waals surface area contributed by atoms with Crippen molar-refractivity contribution in [1.29, 1.82) is 5.41 Å². The van der Waals surface area contributed by atoms with Gasteiger partial charge in [0, 0.05) is 13.2 Å². The van der Waals surface area contributed by atoms with E-state index in [2.05, 4.69) is 13.8 Å². The molecule has 0 amide bonds. The molecule has 1 N–H and O–H groups in total. The number of rotatable bonds is 7. The van der Waals surface area contributed by atoms with Crippen LogP contribution in [0.25, 0.3) is 0 Å². The number of nitrogens with one attached hydrogen (secondary N) is 1. The van der Waals surface area contributed by atoms with E-state index < -0.39 is 8.56 Å². The zero-order chi connectivity index (χ0) is 12.2. The number of carbonyl (C=O) groups excluding carboxylic acids is 1. The molecule has 0 aromatic heterocycles. The molecule has 0 spiro atoms. The Morgan fingerprint density at radius 3 is 1.73 bits per heavy atom. The van der Waals surface area contributed by atoms with Gasteiger partial charge < -0.3 is 8.85 Å². The molecule has 0 bridgehead atoms. The van der Waals surface area contributed by atoms with Gasteiger partial charge in [0.1, 0.15) is 0 Å². The minimum atomic E-state index is -1.77. The third-order valence-corrected chi connectivity index (χ3v) is 5.95. The van der Waals surface area contributed by atoms with Gasteiger partial charge in [0.25, 0.3) is 0 Å². The molecule has 0 unspecified atom stereocenters. The molecule has 0 fully saturated rings. The highest BCUT2D eigenvalue weighted by Gasteiger charge is 2.33. The lowest BCUT2D eigenvalue weighted by atomic mass is 10.6. The predicted molar refractivity (Wildman–Crippen MR) is 63.0 cm³/mol. The van der Waals surface area contributed by atoms with E-state index in [1.165, 1.54) is 6.42 Å². The number of hydrogen-bond donors (Lipinski definition) is 1. The molecule has 0 aliphatic carbocycles. The van der Waals surface area contributed by atoms with Crippen LogP contribution >= 0.6 is 0 Å². The quantitative estimate of drug-likeness (QED) is 0.418. The molecule has 0 aliphatic heterocycles. The van der Waals surface area contributed by atoms with Gasteiger partial charge in [-0.1, -0.05) is 20.3 Å². The molecule has 0 aromatic rings. The Morgan fingerprint density at radius 2 is 1.53 bits per heavy atom. The highest BCUT2D eigenvalue weighted by atomic mass is 28.4. The van der Waals surface area contributed by atoms with Crippen molar-refractivity contribution in [2.75, 3.05) is 13.2 Å². The largest absolute Gasteiger partial charge is 0.394 e. The Hall–Kier alpha value is -0.483. The van der Waals surface area contributed by atoms with Crippen molar-refractivity contribution in [3.05, 3.63) is 0 Å². The summed E-state index contributed by atoms with van der Waals surface area (Å²) in [6.07, 6.45) is 1.92. The van der Waals surface area contributed by atoms with Gasteiger partial charge in [-0.25, -0.2) is 10.2 Å². The Kier molecular flexibility index (Phi) is 13.1. The van der Waals surface area contributed by atoms with Gasteiger partial charge in [-0.05, 0) is 25.9 Å². The summed E-state index contributed by atoms with van der Waals surface area (Å²) in [5.74, 6) is 0. The van der Waals surface area contributed by atoms with E-state index >= 15 is 0 Å². The molecule has 0 aromatic carbocycles. The lowest BCUT2D eigenvalue weighted by molar-refractivity contribution is 0.183. The van der Waals surface area contributed by atoms with Crippen LogP contribution in [0.15, 0.2) is 0 Å². The van der Waals surface area contributed by atoms with Crippen molar-refractivity contribution in [2.45, 2.75) is 46.2 Å². The summed E-state index contributed by atoms with van der Waals surface area (Å²) in [5, 5.41) is 5.40. The molecule has 0 saturated heterocycles. The number of isocyanates is 1. The number of hydrogen-bond acceptors (Lipinski definition) is 4. The van der Waals surface area contributed by atoms with Crippen molar-refractivity contribution >= 4 is 14.6 Å². The Labute approximate surface area is 93.7 Å². The Morgan fingerprint density at radius 1 is 1.13 bits per heavy atom. The van der Waals surface area contributed by atoms with Crippen LogP contribution in [0.2, 0.25) is 12.1 Å². The van der Waals surface area contributed by atoms with Gasteiger partial charge >= 0.3 is 8.56 Å². The maximum Gasteiger partial charge on any atom is 0.337 e. The third kappa shape index (κ3) is 8.51. The molecule has 90 valence electrons. The van der Waals surface area contributed by atoms with E-state index in [0.717, 1.165) is 31.4 Å². The average molecular weight is 233 g/mol. The zero-order valence-corrected chi connectivity index (χ0v) is 11.3. The normalized spacial score (nSPS) is 10.1. The van der Waals surface area contributed by atoms with Crippen molar-refractivity contribution in [3.8, 4) is 0 Å². The van der Waals surface area contributed by atoms with E-state index in [0.29, 0.717) is 0 Å². The van der Waals surface area contributed by atoms with Crippen LogP contribution in [-0.4, -0.2) is 27.9 Å². The van der Waals surface area contributed by atoms with Crippen LogP contribution < -0.4 is 0 Å². The first-order valence-corrected chi connectivity index (χ1v) is 7.71. The van der Waals surface area contributed by atoms with E-state index in [1.54, 1.807) is 0 Å². The third-order valence-electron chi connectivity index (χ3n) is 1.98. The first kappa shape index (κ1) is 16.9. The zero-order valence-electron chi connectivity index (χ0n) is 10.3. The minimum absolute atomic E-state index is 0.750. The smallest absolute Gasteiger partial charge is 0.337 e. The highest BCUT2D eigenvalue weighted by Crippen LogP contribution is 2.20. The van der Waals surface area contributed by atoms with Gasteiger partial charge in [-0.2, -0.15) is 0 Å². The van der Waals surface area contributed by atoms with Gasteiger partial charge in [0.2, 0.25) is 6.08 Å². The summed E-state index contributed by atoms with van der Waals surface area (Å²) in [6, 6.07) is 2.20. The van der Waals surface area contributed by atoms with Crippen molar-refractivity contribution in [1.82, 2.24) is 0 Å². The second-order valence-corrected chi connectivity index (χ2v) is 6.59. The first-order chi connectivity index (χ1) is 7.16. The van der Waals surface area contributed by atoms with Crippen molar-refractivity contribution in [2.24, 2.45) is 0 Å². The first-order valence-electron chi connectivity index (χ1n) is 5.48. The maximum absolute atomic E-state index is 8.35. The second-order valence-electron chi connectivity index (χ2n) is 2.98. The fraction of sp³-hybridized carbons (Fsp3) is 0.900. The van der Waals surface area contributed by atoms with Crippen LogP contribution in [0.4, 0.5) is 0 Å². The summed E-state index contributed by atoms with van der Waals surface area (Å²) in [6.45, 7) is 10.0. The maximum atomic E-state index is 8.35. The summed E-state index contributed by atoms with van der Waals surface area (Å²) >= 11 is 0. The summed E-state index contributed by atoms with van der Waals surface area (Å²) in [4.78, 5) is 8.35. The molecule has 0 radical (unpaired) electrons. The van der Waals surface area contributed by atoms with Crippen LogP contribution in [0, 0.1) is 5.41 Å². The van der Waals surface area contributed by atoms with E-state index in [1.807, 2.05) is 13.8 Å². The topological polar surface area (TPSA) is 59.4 Å². The lowest BCUT2D eigenvalue weighted by Gasteiger charge is -2.28. The lowest BCUT2D eigenvalue weighted by Crippen LogP contribution is -2.41. The standard InChI is InChI=1S/C9H22O2Si.CHNO/c1-5-9-12(8-4,10-6-2)11-7-3;2-1-3/h5-9H2,1-4H3;2H. The molecule has 0 rings (SSSR count). The van der Waals surface area contributed by atoms with Gasteiger partial charge in [-0.15, -0.1) is 0 Å². The molecular formula is C10H23NO3Si. The monoisotopic (exact) mass is 233 g/mol. The molecule has 15 heavy (non-hydrogen) atoms. The SMILES string of the molecule is CCC[Si](CC)(OCC)OCC.N=C=O. The van der Waals surface area contributed by atoms with Gasteiger partial charge in [-0.3, -0.25) is 0 Å². The van der Waals surface area contributed by atoms with Crippen LogP contribution in [0.3, 0.4) is 0 Å². The molecule has 5 heteroatoms. The molecule has 4 nitrogen and oxygen atoms in total. The van der Waals surface area contributed by atoms with E-state index in [4.69, 9.17) is 19.1 Å². The molecule has 0 saturated carbocycles. The second kappa shape index (κ2) is 11.6. The Bertz CT molecular complexity index is 153. The van der Waals surface area contributed by atoms with Crippen molar-refractivity contribution in [3.63, 3.8) is 0 Å². The molecule has 0 aliphatic rings. The van der Waals surface area contributed by atoms with E-state index in [9.17, 15) is 0 Å². The van der Waals surface area contributed by atoms with E-state index in [-0.39, 0.29) is 0 Å². The Balaban J connectivity index is 0. The summed E-state index contributed by atoms with van der Waals surface area (Å²) < 4.78 is 11.6. The molecule has 0 atom stereocenters. The average Bonchev–Trinajstić information content (AvgIpc) is 2.20. The predicted octanol–water partition coefficient (Wildman–Crippen LogP) is 2.83. The van der Waals surface area contributed by atoms with Crippen LogP contribution in [-0.2, 0) is 13.6 Å². The van der Waals surface area contributed by atoms with Gasteiger partial charge in [0.05, 0.1) is 0 Å². The highest BCUT2D eigenvalue weighted by molar-refractivity contribution is 6.67. The van der Waals surface area contributed by atoms with Crippen LogP contribution in [0.1, 0.15) is 34.1 Å². The van der Waals surface area contributed by atoms with Crippen molar-refractivity contribution < 1.29 is 13.6 Å². The minimum Gasteiger partial charge on any atom is -0.394 e. The molecular weight excluding hydrogens is 210 g/mol. The summed E-state index contributed by atoms with van der Waals surface area (Å²) in [5.41, 5.74) is 0. The summed E-state index contributed by atoms with van der Waals surface area (Å²) in [7, 11) is -1.77. The fourth-order valence-corrected chi connectivity index (χ4v) is 4.42. The van der Waals surface area contributed by atoms with Gasteiger partial charge in [0.15, 0.2) is 0 Å². The van der Waals surface area contributed by atoms with Crippen LogP contribution in [0.5, 0.6) is 0 Å². The molecule has 0 heterocycles. The fourth-order valence-electron chi connectivity index (χ4n) is 1.47.